The van der Waals surface area contributed by atoms with Gasteiger partial charge in [-0.3, -0.25) is 0 Å². The largest absolute Gasteiger partial charge is 0.508 e. The van der Waals surface area contributed by atoms with Crippen LogP contribution in [0.4, 0.5) is 13.2 Å². The zero-order chi connectivity index (χ0) is 12.7. The topological polar surface area (TPSA) is 40.5 Å². The molecule has 0 saturated heterocycles. The summed E-state index contributed by atoms with van der Waals surface area (Å²) >= 11 is 2.91. The molecule has 2 N–H and O–H groups in total. The Labute approximate surface area is 98.8 Å². The lowest BCUT2D eigenvalue weighted by Gasteiger charge is -2.22. The van der Waals surface area contributed by atoms with E-state index >= 15 is 0 Å². The molecule has 0 atom stereocenters. The molecule has 0 bridgehead atoms. The van der Waals surface area contributed by atoms with Crippen LogP contribution in [-0.2, 0) is 11.8 Å². The summed E-state index contributed by atoms with van der Waals surface area (Å²) in [5, 5.41) is 19.2. The van der Waals surface area contributed by atoms with Gasteiger partial charge in [-0.1, -0.05) is 15.9 Å². The number of benzene rings is 1. The first-order chi connectivity index (χ1) is 7.03. The second kappa shape index (κ2) is 3.92. The summed E-state index contributed by atoms with van der Waals surface area (Å²) in [5.74, 6) is -0.589. The monoisotopic (exact) mass is 298 g/mol. The summed E-state index contributed by atoms with van der Waals surface area (Å²) in [7, 11) is 0. The molecule has 6 heteroatoms. The molecule has 0 aromatic heterocycles. The fourth-order valence-electron chi connectivity index (χ4n) is 1.36. The van der Waals surface area contributed by atoms with Crippen molar-refractivity contribution < 1.29 is 23.4 Å². The molecule has 0 radical (unpaired) electrons. The standard InChI is InChI=1S/C10H10BrF3O2/c1-9(2,16)8-6(11)3-5(4-7(8)15)10(12,13)14/h3-4,15-16H,1-2H3. The van der Waals surface area contributed by atoms with Crippen molar-refractivity contribution in [3.63, 3.8) is 0 Å². The van der Waals surface area contributed by atoms with Crippen LogP contribution < -0.4 is 0 Å². The molecular formula is C10H10BrF3O2. The Morgan fingerprint density at radius 3 is 2.00 bits per heavy atom. The van der Waals surface area contributed by atoms with Crippen molar-refractivity contribution in [1.82, 2.24) is 0 Å². The minimum Gasteiger partial charge on any atom is -0.508 e. The van der Waals surface area contributed by atoms with E-state index in [1.54, 1.807) is 0 Å². The first-order valence-corrected chi connectivity index (χ1v) is 5.15. The summed E-state index contributed by atoms with van der Waals surface area (Å²) in [6, 6.07) is 1.42. The van der Waals surface area contributed by atoms with Crippen LogP contribution in [0.2, 0.25) is 0 Å². The molecule has 0 saturated carbocycles. The van der Waals surface area contributed by atoms with Gasteiger partial charge in [0.2, 0.25) is 0 Å². The van der Waals surface area contributed by atoms with Crippen LogP contribution in [0.3, 0.4) is 0 Å². The zero-order valence-corrected chi connectivity index (χ0v) is 10.1. The van der Waals surface area contributed by atoms with Crippen molar-refractivity contribution in [1.29, 1.82) is 0 Å². The molecule has 1 aromatic rings. The van der Waals surface area contributed by atoms with E-state index in [-0.39, 0.29) is 10.0 Å². The van der Waals surface area contributed by atoms with Gasteiger partial charge in [0.05, 0.1) is 11.2 Å². The van der Waals surface area contributed by atoms with Crippen LogP contribution in [0.25, 0.3) is 0 Å². The van der Waals surface area contributed by atoms with Gasteiger partial charge >= 0.3 is 6.18 Å². The third-order valence-corrected chi connectivity index (χ3v) is 2.63. The second-order valence-corrected chi connectivity index (χ2v) is 4.76. The second-order valence-electron chi connectivity index (χ2n) is 3.91. The van der Waals surface area contributed by atoms with E-state index in [0.29, 0.717) is 6.07 Å². The number of rotatable bonds is 1. The van der Waals surface area contributed by atoms with E-state index in [0.717, 1.165) is 6.07 Å². The summed E-state index contributed by atoms with van der Waals surface area (Å²) in [5.41, 5.74) is -2.36. The fourth-order valence-corrected chi connectivity index (χ4v) is 2.30. The highest BCUT2D eigenvalue weighted by atomic mass is 79.9. The van der Waals surface area contributed by atoms with Gasteiger partial charge in [0.1, 0.15) is 5.75 Å². The van der Waals surface area contributed by atoms with Crippen molar-refractivity contribution in [2.45, 2.75) is 25.6 Å². The Kier molecular flexibility index (Phi) is 3.27. The SMILES string of the molecule is CC(C)(O)c1c(O)cc(C(F)(F)F)cc1Br. The number of hydrogen-bond acceptors (Lipinski definition) is 2. The maximum atomic E-state index is 12.4. The number of aliphatic hydroxyl groups is 1. The van der Waals surface area contributed by atoms with Crippen LogP contribution >= 0.6 is 15.9 Å². The summed E-state index contributed by atoms with van der Waals surface area (Å²) < 4.78 is 37.2. The summed E-state index contributed by atoms with van der Waals surface area (Å²) in [6.45, 7) is 2.75. The van der Waals surface area contributed by atoms with Gasteiger partial charge in [0, 0.05) is 10.0 Å². The smallest absolute Gasteiger partial charge is 0.416 e. The molecule has 16 heavy (non-hydrogen) atoms. The average molecular weight is 299 g/mol. The lowest BCUT2D eigenvalue weighted by atomic mass is 9.96. The van der Waals surface area contributed by atoms with E-state index < -0.39 is 23.1 Å². The Bertz CT molecular complexity index is 385. The van der Waals surface area contributed by atoms with Gasteiger partial charge in [-0.05, 0) is 26.0 Å². The lowest BCUT2D eigenvalue weighted by molar-refractivity contribution is -0.137. The highest BCUT2D eigenvalue weighted by molar-refractivity contribution is 9.10. The molecule has 1 aromatic carbocycles. The predicted molar refractivity (Wildman–Crippen MR) is 56.1 cm³/mol. The van der Waals surface area contributed by atoms with Crippen molar-refractivity contribution >= 4 is 15.9 Å². The molecule has 90 valence electrons. The molecule has 0 spiro atoms. The number of phenols is 1. The molecule has 0 heterocycles. The van der Waals surface area contributed by atoms with Crippen LogP contribution in [0, 0.1) is 0 Å². The third-order valence-electron chi connectivity index (χ3n) is 2.01. The highest BCUT2D eigenvalue weighted by Gasteiger charge is 2.34. The van der Waals surface area contributed by atoms with E-state index in [4.69, 9.17) is 0 Å². The number of alkyl halides is 3. The zero-order valence-electron chi connectivity index (χ0n) is 8.56. The summed E-state index contributed by atoms with van der Waals surface area (Å²) in [4.78, 5) is 0. The number of hydrogen-bond donors (Lipinski definition) is 2. The van der Waals surface area contributed by atoms with Crippen LogP contribution in [0.1, 0.15) is 25.0 Å². The van der Waals surface area contributed by atoms with Crippen molar-refractivity contribution in [3.8, 4) is 5.75 Å². The number of aromatic hydroxyl groups is 1. The molecular weight excluding hydrogens is 289 g/mol. The van der Waals surface area contributed by atoms with Gasteiger partial charge in [0.25, 0.3) is 0 Å². The van der Waals surface area contributed by atoms with E-state index in [9.17, 15) is 23.4 Å². The molecule has 0 fully saturated rings. The normalized spacial score (nSPS) is 12.9. The number of phenolic OH excluding ortho intramolecular Hbond substituents is 1. The van der Waals surface area contributed by atoms with Crippen molar-refractivity contribution in [2.24, 2.45) is 0 Å². The van der Waals surface area contributed by atoms with Crippen LogP contribution in [0.15, 0.2) is 16.6 Å². The maximum absolute atomic E-state index is 12.4. The van der Waals surface area contributed by atoms with E-state index in [1.807, 2.05) is 0 Å². The first kappa shape index (κ1) is 13.3. The molecule has 0 aliphatic heterocycles. The van der Waals surface area contributed by atoms with Gasteiger partial charge in [-0.2, -0.15) is 13.2 Å². The van der Waals surface area contributed by atoms with Crippen LogP contribution in [0.5, 0.6) is 5.75 Å². The van der Waals surface area contributed by atoms with Gasteiger partial charge in [0.15, 0.2) is 0 Å². The molecule has 1 rings (SSSR count). The molecule has 2 nitrogen and oxygen atoms in total. The van der Waals surface area contributed by atoms with Crippen molar-refractivity contribution in [2.75, 3.05) is 0 Å². The van der Waals surface area contributed by atoms with Gasteiger partial charge < -0.3 is 10.2 Å². The predicted octanol–water partition coefficient (Wildman–Crippen LogP) is 3.40. The van der Waals surface area contributed by atoms with Gasteiger partial charge in [-0.25, -0.2) is 0 Å². The van der Waals surface area contributed by atoms with E-state index in [1.165, 1.54) is 13.8 Å². The lowest BCUT2D eigenvalue weighted by Crippen LogP contribution is -2.17. The van der Waals surface area contributed by atoms with Crippen molar-refractivity contribution in [3.05, 3.63) is 27.7 Å². The molecule has 0 aliphatic carbocycles. The fraction of sp³-hybridized carbons (Fsp3) is 0.400. The number of halogens is 4. The summed E-state index contributed by atoms with van der Waals surface area (Å²) in [6.07, 6.45) is -4.53. The Morgan fingerprint density at radius 1 is 1.19 bits per heavy atom. The Hall–Kier alpha value is -0.750. The third kappa shape index (κ3) is 2.68. The quantitative estimate of drug-likeness (QED) is 0.834. The highest BCUT2D eigenvalue weighted by Crippen LogP contribution is 2.40. The minimum absolute atomic E-state index is 0.0207. The van der Waals surface area contributed by atoms with Crippen LogP contribution in [-0.4, -0.2) is 10.2 Å². The minimum atomic E-state index is -4.53. The Balaban J connectivity index is 3.41. The Morgan fingerprint density at radius 2 is 1.69 bits per heavy atom. The molecule has 0 aliphatic rings. The molecule has 0 unspecified atom stereocenters. The van der Waals surface area contributed by atoms with Gasteiger partial charge in [-0.15, -0.1) is 0 Å². The van der Waals surface area contributed by atoms with E-state index in [2.05, 4.69) is 15.9 Å². The average Bonchev–Trinajstić information content (AvgIpc) is 1.97. The first-order valence-electron chi connectivity index (χ1n) is 4.36. The maximum Gasteiger partial charge on any atom is 0.416 e. The molecule has 0 amide bonds.